The van der Waals surface area contributed by atoms with Gasteiger partial charge < -0.3 is 16.2 Å². The highest BCUT2D eigenvalue weighted by atomic mass is 16.3. The molecule has 0 spiro atoms. The molecule has 1 aromatic heterocycles. The second-order valence-electron chi connectivity index (χ2n) is 7.57. The topological polar surface area (TPSA) is 87.3 Å². The quantitative estimate of drug-likeness (QED) is 0.634. The van der Waals surface area contributed by atoms with Crippen LogP contribution in [0.15, 0.2) is 54.9 Å². The molecule has 2 heterocycles. The van der Waals surface area contributed by atoms with E-state index in [0.717, 1.165) is 41.8 Å². The molecule has 6 nitrogen and oxygen atoms in total. The molecule has 1 fully saturated rings. The summed E-state index contributed by atoms with van der Waals surface area (Å²) in [5.74, 6) is 0.839. The van der Waals surface area contributed by atoms with Crippen LogP contribution in [0.1, 0.15) is 30.5 Å². The van der Waals surface area contributed by atoms with Crippen LogP contribution in [0.5, 0.6) is 0 Å². The lowest BCUT2D eigenvalue weighted by atomic mass is 10.0. The molecular weight excluding hydrogens is 350 g/mol. The standard InChI is InChI=1S/C22H27N5O/c1-15(16-6-3-2-4-7-16)26-22-21-17(8-5-9-19(21)24-14-25-22)12-27-11-10-18(23)20(28)13-27/h2-9,14-15,18,20,28H,10-13,23H2,1H3,(H,24,25,26)/t15-,18-,20-/m1/s1. The summed E-state index contributed by atoms with van der Waals surface area (Å²) < 4.78 is 0. The predicted molar refractivity (Wildman–Crippen MR) is 112 cm³/mol. The normalized spacial score (nSPS) is 21.5. The van der Waals surface area contributed by atoms with Gasteiger partial charge in [-0.1, -0.05) is 42.5 Å². The Morgan fingerprint density at radius 1 is 1.18 bits per heavy atom. The third-order valence-corrected chi connectivity index (χ3v) is 5.51. The molecule has 1 saturated heterocycles. The molecule has 4 N–H and O–H groups in total. The second kappa shape index (κ2) is 8.22. The highest BCUT2D eigenvalue weighted by Crippen LogP contribution is 2.28. The maximum absolute atomic E-state index is 10.1. The first-order chi connectivity index (χ1) is 13.6. The van der Waals surface area contributed by atoms with Gasteiger partial charge in [-0.25, -0.2) is 9.97 Å². The summed E-state index contributed by atoms with van der Waals surface area (Å²) in [6.45, 7) is 4.34. The van der Waals surface area contributed by atoms with Gasteiger partial charge in [-0.05, 0) is 30.5 Å². The largest absolute Gasteiger partial charge is 0.390 e. The fourth-order valence-corrected chi connectivity index (χ4v) is 3.85. The van der Waals surface area contributed by atoms with Crippen LogP contribution in [-0.4, -0.2) is 45.2 Å². The van der Waals surface area contributed by atoms with Crippen LogP contribution in [0.2, 0.25) is 0 Å². The zero-order valence-electron chi connectivity index (χ0n) is 16.1. The molecule has 0 aliphatic carbocycles. The number of fused-ring (bicyclic) bond motifs is 1. The molecule has 0 saturated carbocycles. The van der Waals surface area contributed by atoms with Gasteiger partial charge in [0, 0.05) is 37.1 Å². The van der Waals surface area contributed by atoms with Crippen LogP contribution in [-0.2, 0) is 6.54 Å². The summed E-state index contributed by atoms with van der Waals surface area (Å²) in [6, 6.07) is 16.5. The van der Waals surface area contributed by atoms with E-state index < -0.39 is 6.10 Å². The van der Waals surface area contributed by atoms with Gasteiger partial charge in [0.1, 0.15) is 12.1 Å². The molecule has 0 amide bonds. The second-order valence-corrected chi connectivity index (χ2v) is 7.57. The van der Waals surface area contributed by atoms with Gasteiger partial charge in [-0.3, -0.25) is 4.90 Å². The molecule has 0 bridgehead atoms. The van der Waals surface area contributed by atoms with Crippen molar-refractivity contribution >= 4 is 16.7 Å². The molecule has 0 radical (unpaired) electrons. The van der Waals surface area contributed by atoms with E-state index in [1.54, 1.807) is 6.33 Å². The molecule has 6 heteroatoms. The van der Waals surface area contributed by atoms with Gasteiger partial charge in [0.25, 0.3) is 0 Å². The summed E-state index contributed by atoms with van der Waals surface area (Å²) in [5.41, 5.74) is 9.24. The first-order valence-electron chi connectivity index (χ1n) is 9.82. The minimum atomic E-state index is -0.476. The van der Waals surface area contributed by atoms with Crippen LogP contribution >= 0.6 is 0 Å². The lowest BCUT2D eigenvalue weighted by Gasteiger charge is -2.34. The van der Waals surface area contributed by atoms with Crippen molar-refractivity contribution in [1.82, 2.24) is 14.9 Å². The minimum absolute atomic E-state index is 0.127. The summed E-state index contributed by atoms with van der Waals surface area (Å²) in [7, 11) is 0. The first kappa shape index (κ1) is 18.8. The average molecular weight is 377 g/mol. The number of likely N-dealkylation sites (tertiary alicyclic amines) is 1. The van der Waals surface area contributed by atoms with Crippen LogP contribution in [0.4, 0.5) is 5.82 Å². The fourth-order valence-electron chi connectivity index (χ4n) is 3.85. The number of aliphatic hydroxyl groups is 1. The third-order valence-electron chi connectivity index (χ3n) is 5.51. The fraction of sp³-hybridized carbons (Fsp3) is 0.364. The SMILES string of the molecule is C[C@@H](Nc1ncnc2cccc(CN3CC[C@@H](N)[C@H](O)C3)c12)c1ccccc1. The van der Waals surface area contributed by atoms with Crippen LogP contribution < -0.4 is 11.1 Å². The molecule has 2 aromatic carbocycles. The van der Waals surface area contributed by atoms with E-state index in [2.05, 4.69) is 45.3 Å². The predicted octanol–water partition coefficient (Wildman–Crippen LogP) is 2.70. The molecule has 1 aliphatic rings. The summed E-state index contributed by atoms with van der Waals surface area (Å²) in [6.07, 6.45) is 1.93. The highest BCUT2D eigenvalue weighted by molar-refractivity contribution is 5.92. The smallest absolute Gasteiger partial charge is 0.138 e. The molecule has 3 aromatic rings. The third kappa shape index (κ3) is 3.99. The van der Waals surface area contributed by atoms with E-state index in [0.29, 0.717) is 6.54 Å². The number of rotatable bonds is 5. The Labute approximate surface area is 165 Å². The van der Waals surface area contributed by atoms with Crippen molar-refractivity contribution in [2.75, 3.05) is 18.4 Å². The number of nitrogens with zero attached hydrogens (tertiary/aromatic N) is 3. The Bertz CT molecular complexity index is 927. The lowest BCUT2D eigenvalue weighted by molar-refractivity contribution is 0.0501. The van der Waals surface area contributed by atoms with Gasteiger partial charge in [0.05, 0.1) is 11.6 Å². The van der Waals surface area contributed by atoms with Gasteiger partial charge in [-0.2, -0.15) is 0 Å². The lowest BCUT2D eigenvalue weighted by Crippen LogP contribution is -2.50. The van der Waals surface area contributed by atoms with Crippen LogP contribution in [0.25, 0.3) is 10.9 Å². The zero-order chi connectivity index (χ0) is 19.5. The van der Waals surface area contributed by atoms with Crippen molar-refractivity contribution in [3.63, 3.8) is 0 Å². The molecule has 1 aliphatic heterocycles. The summed E-state index contributed by atoms with van der Waals surface area (Å²) in [5, 5.41) is 14.7. The Kier molecular flexibility index (Phi) is 5.52. The Balaban J connectivity index is 1.63. The van der Waals surface area contributed by atoms with E-state index in [9.17, 15) is 5.11 Å². The number of hydrogen-bond donors (Lipinski definition) is 3. The molecule has 0 unspecified atom stereocenters. The van der Waals surface area contributed by atoms with Gasteiger partial charge >= 0.3 is 0 Å². The number of aliphatic hydroxyl groups excluding tert-OH is 1. The first-order valence-corrected chi connectivity index (χ1v) is 9.82. The number of piperidine rings is 1. The number of anilines is 1. The van der Waals surface area contributed by atoms with Gasteiger partial charge in [0.2, 0.25) is 0 Å². The van der Waals surface area contributed by atoms with E-state index in [-0.39, 0.29) is 12.1 Å². The number of aromatic nitrogens is 2. The summed E-state index contributed by atoms with van der Waals surface area (Å²) >= 11 is 0. The number of nitrogens with one attached hydrogen (secondary N) is 1. The van der Waals surface area contributed by atoms with E-state index in [1.807, 2.05) is 30.3 Å². The molecule has 4 rings (SSSR count). The summed E-state index contributed by atoms with van der Waals surface area (Å²) in [4.78, 5) is 11.3. The maximum Gasteiger partial charge on any atom is 0.138 e. The minimum Gasteiger partial charge on any atom is -0.390 e. The number of β-amino-alcohol motifs (C(OH)–C–C–N with tert-alkyl or cyclic N) is 1. The molecule has 3 atom stereocenters. The molecular formula is C22H27N5O. The van der Waals surface area contributed by atoms with Crippen molar-refractivity contribution in [2.45, 2.75) is 38.1 Å². The van der Waals surface area contributed by atoms with Gasteiger partial charge in [-0.15, -0.1) is 0 Å². The Morgan fingerprint density at radius 3 is 2.79 bits per heavy atom. The van der Waals surface area contributed by atoms with Gasteiger partial charge in [0.15, 0.2) is 0 Å². The molecule has 146 valence electrons. The number of hydrogen-bond acceptors (Lipinski definition) is 6. The average Bonchev–Trinajstić information content (AvgIpc) is 2.72. The van der Waals surface area contributed by atoms with Crippen LogP contribution in [0, 0.1) is 0 Å². The van der Waals surface area contributed by atoms with E-state index >= 15 is 0 Å². The highest BCUT2D eigenvalue weighted by Gasteiger charge is 2.25. The Hall–Kier alpha value is -2.54. The maximum atomic E-state index is 10.1. The van der Waals surface area contributed by atoms with Crippen molar-refractivity contribution < 1.29 is 5.11 Å². The zero-order valence-corrected chi connectivity index (χ0v) is 16.1. The van der Waals surface area contributed by atoms with E-state index in [1.165, 1.54) is 5.56 Å². The van der Waals surface area contributed by atoms with Crippen molar-refractivity contribution in [1.29, 1.82) is 0 Å². The number of nitrogens with two attached hydrogens (primary N) is 1. The van der Waals surface area contributed by atoms with Crippen molar-refractivity contribution in [2.24, 2.45) is 5.73 Å². The van der Waals surface area contributed by atoms with Crippen molar-refractivity contribution in [3.05, 3.63) is 66.0 Å². The van der Waals surface area contributed by atoms with E-state index in [4.69, 9.17) is 5.73 Å². The Morgan fingerprint density at radius 2 is 2.00 bits per heavy atom. The number of benzene rings is 2. The van der Waals surface area contributed by atoms with Crippen LogP contribution in [0.3, 0.4) is 0 Å². The molecule has 28 heavy (non-hydrogen) atoms. The monoisotopic (exact) mass is 377 g/mol. The van der Waals surface area contributed by atoms with Crippen molar-refractivity contribution in [3.8, 4) is 0 Å².